The highest BCUT2D eigenvalue weighted by molar-refractivity contribution is 6.07. The molecule has 2 aromatic carbocycles. The lowest BCUT2D eigenvalue weighted by Crippen LogP contribution is -2.16. The first-order chi connectivity index (χ1) is 14.6. The minimum Gasteiger partial charge on any atom is -0.508 e. The van der Waals surface area contributed by atoms with Crippen molar-refractivity contribution >= 4 is 22.8 Å². The number of fused-ring (bicyclic) bond motifs is 1. The van der Waals surface area contributed by atoms with Crippen LogP contribution in [0.25, 0.3) is 17.0 Å². The van der Waals surface area contributed by atoms with Crippen molar-refractivity contribution in [2.24, 2.45) is 5.92 Å². The fraction of sp³-hybridized carbons (Fsp3) is 0.280. The molecule has 0 saturated heterocycles. The monoisotopic (exact) mass is 404 g/mol. The Labute approximate surface area is 174 Å². The van der Waals surface area contributed by atoms with Crippen LogP contribution in [0.15, 0.2) is 64.0 Å². The Hall–Kier alpha value is -3.34. The first-order valence-electron chi connectivity index (χ1n) is 10.3. The van der Waals surface area contributed by atoms with Gasteiger partial charge in [0.25, 0.3) is 0 Å². The van der Waals surface area contributed by atoms with Gasteiger partial charge in [-0.3, -0.25) is 9.59 Å². The summed E-state index contributed by atoms with van der Waals surface area (Å²) in [6.07, 6.45) is 10.2. The van der Waals surface area contributed by atoms with Crippen molar-refractivity contribution in [3.63, 3.8) is 0 Å². The highest BCUT2D eigenvalue weighted by atomic mass is 16.5. The lowest BCUT2D eigenvalue weighted by molar-refractivity contribution is 0.104. The SMILES string of the molecule is O=C(/C=C/c1coc2cccc(OCC3CCCCC3)c2c1=O)c1ccc(O)cc1. The third-order valence-electron chi connectivity index (χ3n) is 5.56. The summed E-state index contributed by atoms with van der Waals surface area (Å²) >= 11 is 0. The number of carbonyl (C=O) groups is 1. The zero-order valence-corrected chi connectivity index (χ0v) is 16.7. The van der Waals surface area contributed by atoms with Gasteiger partial charge in [0.2, 0.25) is 5.43 Å². The van der Waals surface area contributed by atoms with Crippen molar-refractivity contribution in [1.82, 2.24) is 0 Å². The molecule has 1 saturated carbocycles. The molecule has 5 heteroatoms. The van der Waals surface area contributed by atoms with Gasteiger partial charge in [0, 0.05) is 5.56 Å². The summed E-state index contributed by atoms with van der Waals surface area (Å²) in [6.45, 7) is 0.595. The number of carbonyl (C=O) groups excluding carboxylic acids is 1. The molecule has 1 aromatic heterocycles. The highest BCUT2D eigenvalue weighted by Crippen LogP contribution is 2.27. The van der Waals surface area contributed by atoms with Gasteiger partial charge in [-0.25, -0.2) is 0 Å². The third kappa shape index (κ3) is 4.46. The van der Waals surface area contributed by atoms with Gasteiger partial charge in [-0.2, -0.15) is 0 Å². The van der Waals surface area contributed by atoms with Crippen LogP contribution in [-0.2, 0) is 0 Å². The summed E-state index contributed by atoms with van der Waals surface area (Å²) in [5.41, 5.74) is 0.933. The fourth-order valence-corrected chi connectivity index (χ4v) is 3.84. The van der Waals surface area contributed by atoms with Crippen LogP contribution >= 0.6 is 0 Å². The van der Waals surface area contributed by atoms with E-state index in [1.165, 1.54) is 61.9 Å². The van der Waals surface area contributed by atoms with Crippen molar-refractivity contribution in [3.8, 4) is 11.5 Å². The van der Waals surface area contributed by atoms with Crippen LogP contribution in [-0.4, -0.2) is 17.5 Å². The van der Waals surface area contributed by atoms with E-state index < -0.39 is 0 Å². The molecule has 1 heterocycles. The van der Waals surface area contributed by atoms with Gasteiger partial charge in [0.05, 0.1) is 12.2 Å². The molecule has 0 radical (unpaired) electrons. The summed E-state index contributed by atoms with van der Waals surface area (Å²) in [5.74, 6) is 0.863. The molecule has 1 fully saturated rings. The van der Waals surface area contributed by atoms with E-state index in [1.807, 2.05) is 6.07 Å². The number of hydrogen-bond donors (Lipinski definition) is 1. The number of ketones is 1. The number of aromatic hydroxyl groups is 1. The average Bonchev–Trinajstić information content (AvgIpc) is 2.78. The maximum Gasteiger partial charge on any atom is 0.203 e. The first kappa shape index (κ1) is 20.0. The minimum atomic E-state index is -0.267. The molecule has 5 nitrogen and oxygen atoms in total. The molecule has 30 heavy (non-hydrogen) atoms. The maximum atomic E-state index is 13.1. The van der Waals surface area contributed by atoms with Gasteiger partial charge < -0.3 is 14.3 Å². The van der Waals surface area contributed by atoms with Crippen molar-refractivity contribution in [2.45, 2.75) is 32.1 Å². The summed E-state index contributed by atoms with van der Waals surface area (Å²) in [7, 11) is 0. The largest absolute Gasteiger partial charge is 0.508 e. The zero-order chi connectivity index (χ0) is 20.9. The molecule has 1 aliphatic carbocycles. The van der Waals surface area contributed by atoms with Crippen LogP contribution in [0, 0.1) is 5.92 Å². The van der Waals surface area contributed by atoms with Crippen molar-refractivity contribution in [3.05, 3.63) is 76.2 Å². The topological polar surface area (TPSA) is 76.7 Å². The predicted molar refractivity (Wildman–Crippen MR) is 116 cm³/mol. The number of phenols is 1. The lowest BCUT2D eigenvalue weighted by atomic mass is 9.90. The van der Waals surface area contributed by atoms with E-state index in [4.69, 9.17) is 9.15 Å². The van der Waals surface area contributed by atoms with Crippen LogP contribution in [0.2, 0.25) is 0 Å². The van der Waals surface area contributed by atoms with E-state index in [9.17, 15) is 14.7 Å². The Morgan fingerprint density at radius 2 is 1.87 bits per heavy atom. The summed E-state index contributed by atoms with van der Waals surface area (Å²) in [4.78, 5) is 25.4. The number of hydrogen-bond acceptors (Lipinski definition) is 5. The molecule has 0 aliphatic heterocycles. The van der Waals surface area contributed by atoms with Gasteiger partial charge in [-0.05, 0) is 67.3 Å². The Kier molecular flexibility index (Phi) is 5.98. The second-order valence-corrected chi connectivity index (χ2v) is 7.71. The Morgan fingerprint density at radius 1 is 1.10 bits per heavy atom. The second kappa shape index (κ2) is 8.99. The van der Waals surface area contributed by atoms with Gasteiger partial charge in [-0.15, -0.1) is 0 Å². The van der Waals surface area contributed by atoms with E-state index in [0.29, 0.717) is 34.8 Å². The van der Waals surface area contributed by atoms with Crippen LogP contribution < -0.4 is 10.2 Å². The molecular weight excluding hydrogens is 380 g/mol. The Balaban J connectivity index is 1.58. The molecule has 3 aromatic rings. The summed E-state index contributed by atoms with van der Waals surface area (Å²) in [6, 6.07) is 11.3. The van der Waals surface area contributed by atoms with Crippen LogP contribution in [0.1, 0.15) is 48.0 Å². The van der Waals surface area contributed by atoms with Gasteiger partial charge in [0.15, 0.2) is 5.78 Å². The molecule has 1 N–H and O–H groups in total. The molecule has 0 atom stereocenters. The van der Waals surface area contributed by atoms with E-state index in [1.54, 1.807) is 12.1 Å². The lowest BCUT2D eigenvalue weighted by Gasteiger charge is -2.21. The quantitative estimate of drug-likeness (QED) is 0.442. The van der Waals surface area contributed by atoms with E-state index in [-0.39, 0.29) is 22.5 Å². The van der Waals surface area contributed by atoms with Crippen LogP contribution in [0.5, 0.6) is 11.5 Å². The standard InChI is InChI=1S/C25H24O5/c26-20-12-9-18(10-13-20)21(27)14-11-19-16-30-23-8-4-7-22(24(23)25(19)28)29-15-17-5-2-1-3-6-17/h4,7-14,16-17,26H,1-3,5-6,15H2/b14-11+. The predicted octanol–water partition coefficient (Wildman–Crippen LogP) is 5.35. The Morgan fingerprint density at radius 3 is 2.63 bits per heavy atom. The summed E-state index contributed by atoms with van der Waals surface area (Å²) in [5, 5.41) is 9.74. The molecule has 0 amide bonds. The van der Waals surface area contributed by atoms with Gasteiger partial charge in [-0.1, -0.05) is 25.3 Å². The number of allylic oxidation sites excluding steroid dienone is 1. The first-order valence-corrected chi connectivity index (χ1v) is 10.3. The van der Waals surface area contributed by atoms with E-state index in [2.05, 4.69) is 0 Å². The number of phenolic OH excluding ortho intramolecular Hbond substituents is 1. The Bertz CT molecular complexity index is 1120. The smallest absolute Gasteiger partial charge is 0.203 e. The summed E-state index contributed by atoms with van der Waals surface area (Å²) < 4.78 is 11.7. The molecule has 0 bridgehead atoms. The maximum absolute atomic E-state index is 13.1. The molecule has 1 aliphatic rings. The van der Waals surface area contributed by atoms with Crippen LogP contribution in [0.3, 0.4) is 0 Å². The number of ether oxygens (including phenoxy) is 1. The number of rotatable bonds is 6. The zero-order valence-electron chi connectivity index (χ0n) is 16.7. The minimum absolute atomic E-state index is 0.0893. The van der Waals surface area contributed by atoms with E-state index in [0.717, 1.165) is 12.8 Å². The highest BCUT2D eigenvalue weighted by Gasteiger charge is 2.16. The van der Waals surface area contributed by atoms with Gasteiger partial charge >= 0.3 is 0 Å². The van der Waals surface area contributed by atoms with Gasteiger partial charge in [0.1, 0.15) is 28.7 Å². The fourth-order valence-electron chi connectivity index (χ4n) is 3.84. The van der Waals surface area contributed by atoms with Crippen molar-refractivity contribution in [1.29, 1.82) is 0 Å². The molecule has 4 rings (SSSR count). The third-order valence-corrected chi connectivity index (χ3v) is 5.56. The second-order valence-electron chi connectivity index (χ2n) is 7.71. The molecule has 0 unspecified atom stereocenters. The normalized spacial score (nSPS) is 14.9. The molecular formula is C25H24O5. The average molecular weight is 404 g/mol. The van der Waals surface area contributed by atoms with E-state index >= 15 is 0 Å². The van der Waals surface area contributed by atoms with Crippen molar-refractivity contribution in [2.75, 3.05) is 6.61 Å². The van der Waals surface area contributed by atoms with Crippen molar-refractivity contribution < 1.29 is 19.1 Å². The molecule has 154 valence electrons. The van der Waals surface area contributed by atoms with Crippen LogP contribution in [0.4, 0.5) is 0 Å². The molecule has 0 spiro atoms. The number of benzene rings is 2.